The molecule has 0 saturated heterocycles. The maximum atomic E-state index is 12.4. The summed E-state index contributed by atoms with van der Waals surface area (Å²) < 4.78 is 41.9. The molecule has 0 unspecified atom stereocenters. The second kappa shape index (κ2) is 5.86. The highest BCUT2D eigenvalue weighted by molar-refractivity contribution is 6.30. The molecule has 0 amide bonds. The molecule has 98 valence electrons. The lowest BCUT2D eigenvalue weighted by molar-refractivity contribution is -0.138. The first-order valence-electron chi connectivity index (χ1n) is 4.92. The van der Waals surface area contributed by atoms with Gasteiger partial charge in [-0.2, -0.15) is 13.2 Å². The lowest BCUT2D eigenvalue weighted by Crippen LogP contribution is -2.06. The van der Waals surface area contributed by atoms with Crippen LogP contribution in [0.5, 0.6) is 0 Å². The van der Waals surface area contributed by atoms with Gasteiger partial charge >= 0.3 is 12.1 Å². The summed E-state index contributed by atoms with van der Waals surface area (Å²) in [6.07, 6.45) is -1.76. The number of ether oxygens (including phenoxy) is 1. The molecule has 1 aromatic rings. The molecule has 1 aromatic heterocycles. The van der Waals surface area contributed by atoms with Crippen molar-refractivity contribution in [3.05, 3.63) is 34.6 Å². The van der Waals surface area contributed by atoms with Gasteiger partial charge in [-0.25, -0.2) is 9.78 Å². The van der Waals surface area contributed by atoms with Gasteiger partial charge in [-0.3, -0.25) is 0 Å². The third kappa shape index (κ3) is 4.03. The molecule has 0 fully saturated rings. The van der Waals surface area contributed by atoms with Crippen LogP contribution in [-0.2, 0) is 15.7 Å². The van der Waals surface area contributed by atoms with Crippen molar-refractivity contribution in [2.45, 2.75) is 13.1 Å². The van der Waals surface area contributed by atoms with Crippen molar-refractivity contribution >= 4 is 23.6 Å². The van der Waals surface area contributed by atoms with Crippen LogP contribution >= 0.6 is 11.6 Å². The molecule has 0 aliphatic rings. The monoisotopic (exact) mass is 279 g/mol. The molecule has 0 atom stereocenters. The average Bonchev–Trinajstić information content (AvgIpc) is 2.26. The maximum absolute atomic E-state index is 12.4. The van der Waals surface area contributed by atoms with Gasteiger partial charge in [-0.15, -0.1) is 0 Å². The van der Waals surface area contributed by atoms with Gasteiger partial charge in [0.25, 0.3) is 0 Å². The summed E-state index contributed by atoms with van der Waals surface area (Å²) >= 11 is 5.62. The molecule has 0 aliphatic heterocycles. The first-order valence-corrected chi connectivity index (χ1v) is 5.30. The molecule has 3 nitrogen and oxygen atoms in total. The molecule has 0 aromatic carbocycles. The topological polar surface area (TPSA) is 39.2 Å². The van der Waals surface area contributed by atoms with Crippen molar-refractivity contribution in [2.75, 3.05) is 6.61 Å². The highest BCUT2D eigenvalue weighted by Gasteiger charge is 2.31. The lowest BCUT2D eigenvalue weighted by atomic mass is 10.2. The van der Waals surface area contributed by atoms with Crippen molar-refractivity contribution in [2.24, 2.45) is 0 Å². The number of alkyl halides is 3. The summed E-state index contributed by atoms with van der Waals surface area (Å²) in [6, 6.07) is 0.811. The molecule has 0 N–H and O–H groups in total. The summed E-state index contributed by atoms with van der Waals surface area (Å²) in [5.41, 5.74) is -0.935. The molecule has 1 heterocycles. The number of carbonyl (C=O) groups excluding carboxylic acids is 1. The number of pyridine rings is 1. The van der Waals surface area contributed by atoms with Gasteiger partial charge in [0.2, 0.25) is 0 Å². The standard InChI is InChI=1S/C11H9ClF3NO2/c1-2-18-9(17)4-3-7-5-8(11(13,14)15)6-16-10(7)12/h3-6H,2H2,1H3. The van der Waals surface area contributed by atoms with Gasteiger partial charge in [-0.05, 0) is 19.1 Å². The number of nitrogens with zero attached hydrogens (tertiary/aromatic N) is 1. The molecule has 0 aliphatic carbocycles. The summed E-state index contributed by atoms with van der Waals surface area (Å²) in [5, 5.41) is -0.122. The van der Waals surface area contributed by atoms with Crippen molar-refractivity contribution in [1.29, 1.82) is 0 Å². The molecule has 1 rings (SSSR count). The molecular formula is C11H9ClF3NO2. The predicted octanol–water partition coefficient (Wildman–Crippen LogP) is 3.33. The Kier molecular flexibility index (Phi) is 4.72. The summed E-state index contributed by atoms with van der Waals surface area (Å²) in [7, 11) is 0. The first-order chi connectivity index (χ1) is 8.34. The van der Waals surface area contributed by atoms with E-state index < -0.39 is 17.7 Å². The fourth-order valence-electron chi connectivity index (χ4n) is 1.09. The van der Waals surface area contributed by atoms with Crippen molar-refractivity contribution in [1.82, 2.24) is 4.98 Å². The quantitative estimate of drug-likeness (QED) is 0.484. The Labute approximate surface area is 106 Å². The van der Waals surface area contributed by atoms with E-state index in [9.17, 15) is 18.0 Å². The van der Waals surface area contributed by atoms with Crippen molar-refractivity contribution in [3.8, 4) is 0 Å². The molecular weight excluding hydrogens is 271 g/mol. The number of aromatic nitrogens is 1. The van der Waals surface area contributed by atoms with Crippen LogP contribution < -0.4 is 0 Å². The van der Waals surface area contributed by atoms with E-state index in [1.807, 2.05) is 0 Å². The van der Waals surface area contributed by atoms with E-state index in [4.69, 9.17) is 11.6 Å². The Morgan fingerprint density at radius 1 is 1.56 bits per heavy atom. The third-order valence-corrected chi connectivity index (χ3v) is 2.19. The molecule has 18 heavy (non-hydrogen) atoms. The zero-order valence-electron chi connectivity index (χ0n) is 9.29. The van der Waals surface area contributed by atoms with Gasteiger partial charge in [0.1, 0.15) is 5.15 Å². The third-order valence-electron chi connectivity index (χ3n) is 1.88. The average molecular weight is 280 g/mol. The van der Waals surface area contributed by atoms with Crippen LogP contribution in [0.2, 0.25) is 5.15 Å². The SMILES string of the molecule is CCOC(=O)C=Cc1cc(C(F)(F)F)cnc1Cl. The summed E-state index contributed by atoms with van der Waals surface area (Å²) in [6.45, 7) is 1.79. The van der Waals surface area contributed by atoms with Crippen LogP contribution in [0.25, 0.3) is 6.08 Å². The Bertz CT molecular complexity index is 472. The van der Waals surface area contributed by atoms with Crippen LogP contribution in [0.3, 0.4) is 0 Å². The van der Waals surface area contributed by atoms with E-state index in [0.717, 1.165) is 18.2 Å². The minimum atomic E-state index is -4.51. The van der Waals surface area contributed by atoms with Crippen LogP contribution in [0.1, 0.15) is 18.1 Å². The van der Waals surface area contributed by atoms with Crippen LogP contribution in [0, 0.1) is 0 Å². The number of halogens is 4. The normalized spacial score (nSPS) is 11.8. The first kappa shape index (κ1) is 14.5. The Hall–Kier alpha value is -1.56. The molecule has 0 spiro atoms. The fraction of sp³-hybridized carbons (Fsp3) is 0.273. The van der Waals surface area contributed by atoms with Crippen LogP contribution in [0.15, 0.2) is 18.3 Å². The number of hydrogen-bond donors (Lipinski definition) is 0. The molecule has 7 heteroatoms. The number of hydrogen-bond acceptors (Lipinski definition) is 3. The minimum absolute atomic E-state index is 0.000422. The van der Waals surface area contributed by atoms with E-state index >= 15 is 0 Å². The molecule has 0 radical (unpaired) electrons. The predicted molar refractivity (Wildman–Crippen MR) is 59.9 cm³/mol. The Morgan fingerprint density at radius 3 is 2.78 bits per heavy atom. The highest BCUT2D eigenvalue weighted by atomic mass is 35.5. The van der Waals surface area contributed by atoms with Gasteiger partial charge in [0.15, 0.2) is 0 Å². The van der Waals surface area contributed by atoms with Gasteiger partial charge in [0.05, 0.1) is 12.2 Å². The van der Waals surface area contributed by atoms with Crippen LogP contribution in [-0.4, -0.2) is 17.6 Å². The van der Waals surface area contributed by atoms with E-state index in [1.54, 1.807) is 6.92 Å². The Balaban J connectivity index is 2.98. The van der Waals surface area contributed by atoms with E-state index in [1.165, 1.54) is 0 Å². The molecule has 0 bridgehead atoms. The Morgan fingerprint density at radius 2 is 2.22 bits per heavy atom. The summed E-state index contributed by atoms with van der Waals surface area (Å²) in [4.78, 5) is 14.4. The number of rotatable bonds is 3. The zero-order valence-corrected chi connectivity index (χ0v) is 10.0. The lowest BCUT2D eigenvalue weighted by Gasteiger charge is -2.07. The summed E-state index contributed by atoms with van der Waals surface area (Å²) in [5.74, 6) is -0.661. The fourth-order valence-corrected chi connectivity index (χ4v) is 1.25. The van der Waals surface area contributed by atoms with Crippen molar-refractivity contribution in [3.63, 3.8) is 0 Å². The highest BCUT2D eigenvalue weighted by Crippen LogP contribution is 2.30. The van der Waals surface area contributed by atoms with Crippen LogP contribution in [0.4, 0.5) is 13.2 Å². The second-order valence-corrected chi connectivity index (χ2v) is 3.55. The number of carbonyl (C=O) groups is 1. The van der Waals surface area contributed by atoms with E-state index in [-0.39, 0.29) is 17.3 Å². The largest absolute Gasteiger partial charge is 0.463 e. The smallest absolute Gasteiger partial charge is 0.417 e. The van der Waals surface area contributed by atoms with Crippen molar-refractivity contribution < 1.29 is 22.7 Å². The molecule has 0 saturated carbocycles. The van der Waals surface area contributed by atoms with E-state index in [2.05, 4.69) is 9.72 Å². The number of esters is 1. The van der Waals surface area contributed by atoms with Gasteiger partial charge in [-0.1, -0.05) is 11.6 Å². The minimum Gasteiger partial charge on any atom is -0.463 e. The van der Waals surface area contributed by atoms with Gasteiger partial charge in [0, 0.05) is 17.8 Å². The maximum Gasteiger partial charge on any atom is 0.417 e. The second-order valence-electron chi connectivity index (χ2n) is 3.19. The zero-order chi connectivity index (χ0) is 13.8. The van der Waals surface area contributed by atoms with Gasteiger partial charge < -0.3 is 4.74 Å². The van der Waals surface area contributed by atoms with E-state index in [0.29, 0.717) is 6.20 Å².